The van der Waals surface area contributed by atoms with Gasteiger partial charge in [-0.15, -0.1) is 0 Å². The van der Waals surface area contributed by atoms with Gasteiger partial charge in [-0.25, -0.2) is 0 Å². The van der Waals surface area contributed by atoms with Crippen LogP contribution in [0.2, 0.25) is 0 Å². The third-order valence-corrected chi connectivity index (χ3v) is 5.99. The van der Waals surface area contributed by atoms with Gasteiger partial charge in [0.05, 0.1) is 25.4 Å². The molecule has 0 amide bonds. The van der Waals surface area contributed by atoms with E-state index < -0.39 is 6.29 Å². The number of ether oxygens (including phenoxy) is 4. The van der Waals surface area contributed by atoms with E-state index in [2.05, 4.69) is 13.8 Å². The lowest BCUT2D eigenvalue weighted by molar-refractivity contribution is -0.172. The number of rotatable bonds is 9. The lowest BCUT2D eigenvalue weighted by Crippen LogP contribution is -2.33. The van der Waals surface area contributed by atoms with Gasteiger partial charge in [0.25, 0.3) is 0 Å². The Labute approximate surface area is 146 Å². The summed E-state index contributed by atoms with van der Waals surface area (Å²) < 4.78 is 23.7. The van der Waals surface area contributed by atoms with E-state index in [-0.39, 0.29) is 18.0 Å². The smallest absolute Gasteiger partial charge is 0.168 e. The van der Waals surface area contributed by atoms with E-state index in [0.29, 0.717) is 25.0 Å². The van der Waals surface area contributed by atoms with Crippen LogP contribution in [-0.2, 0) is 18.9 Å². The minimum absolute atomic E-state index is 0.156. The van der Waals surface area contributed by atoms with Gasteiger partial charge in [0.1, 0.15) is 0 Å². The molecule has 0 bridgehead atoms. The fraction of sp³-hybridized carbons (Fsp3) is 1.00. The van der Waals surface area contributed by atoms with Crippen LogP contribution >= 0.6 is 0 Å². The first kappa shape index (κ1) is 18.6. The van der Waals surface area contributed by atoms with Crippen LogP contribution in [0, 0.1) is 11.8 Å². The van der Waals surface area contributed by atoms with Crippen LogP contribution in [-0.4, -0.2) is 49.2 Å². The molecule has 0 aromatic carbocycles. The highest BCUT2D eigenvalue weighted by Gasteiger charge is 2.50. The number of aliphatic hydroxyl groups excluding tert-OH is 1. The Balaban J connectivity index is 1.59. The van der Waals surface area contributed by atoms with E-state index in [1.807, 2.05) is 0 Å². The number of hydrogen-bond donors (Lipinski definition) is 1. The maximum Gasteiger partial charge on any atom is 0.168 e. The second kappa shape index (κ2) is 8.45. The number of fused-ring (bicyclic) bond motifs is 1. The summed E-state index contributed by atoms with van der Waals surface area (Å²) in [6.45, 7) is 6.42. The van der Waals surface area contributed by atoms with Gasteiger partial charge in [-0.3, -0.25) is 0 Å². The molecular formula is C19H34O5. The zero-order chi connectivity index (χ0) is 17.0. The Bertz CT molecular complexity index is 382. The molecule has 3 aliphatic rings. The van der Waals surface area contributed by atoms with Crippen molar-refractivity contribution < 1.29 is 24.1 Å². The van der Waals surface area contributed by atoms with Crippen molar-refractivity contribution in [2.75, 3.05) is 19.8 Å². The molecule has 5 atom stereocenters. The van der Waals surface area contributed by atoms with Crippen molar-refractivity contribution in [2.24, 2.45) is 11.8 Å². The second-order valence-corrected chi connectivity index (χ2v) is 7.53. The Morgan fingerprint density at radius 2 is 1.88 bits per heavy atom. The zero-order valence-electron chi connectivity index (χ0n) is 15.2. The van der Waals surface area contributed by atoms with Crippen LogP contribution in [0.25, 0.3) is 0 Å². The quantitative estimate of drug-likeness (QED) is 0.652. The van der Waals surface area contributed by atoms with E-state index in [0.717, 1.165) is 45.1 Å². The van der Waals surface area contributed by atoms with Crippen molar-refractivity contribution in [3.05, 3.63) is 0 Å². The highest BCUT2D eigenvalue weighted by Crippen LogP contribution is 2.47. The fourth-order valence-corrected chi connectivity index (χ4v) is 4.85. The highest BCUT2D eigenvalue weighted by atomic mass is 16.7. The van der Waals surface area contributed by atoms with Crippen molar-refractivity contribution in [1.82, 2.24) is 0 Å². The summed E-state index contributed by atoms with van der Waals surface area (Å²) in [4.78, 5) is 0. The van der Waals surface area contributed by atoms with E-state index in [1.165, 1.54) is 12.8 Å². The number of aliphatic hydroxyl groups is 1. The van der Waals surface area contributed by atoms with Crippen molar-refractivity contribution in [1.29, 1.82) is 0 Å². The summed E-state index contributed by atoms with van der Waals surface area (Å²) in [5, 5.41) is 9.83. The Kier molecular flexibility index (Phi) is 6.55. The second-order valence-electron chi connectivity index (χ2n) is 7.53. The van der Waals surface area contributed by atoms with Gasteiger partial charge >= 0.3 is 0 Å². The molecular weight excluding hydrogens is 308 g/mol. The molecule has 24 heavy (non-hydrogen) atoms. The molecule has 5 heteroatoms. The lowest BCUT2D eigenvalue weighted by Gasteiger charge is -2.31. The van der Waals surface area contributed by atoms with Crippen LogP contribution in [0.3, 0.4) is 0 Å². The van der Waals surface area contributed by atoms with Crippen LogP contribution in [0.15, 0.2) is 0 Å². The molecule has 0 aromatic rings. The average Bonchev–Trinajstić information content (AvgIpc) is 3.22. The summed E-state index contributed by atoms with van der Waals surface area (Å²) >= 11 is 0. The molecule has 3 rings (SSSR count). The molecule has 1 aliphatic carbocycles. The summed E-state index contributed by atoms with van der Waals surface area (Å²) in [6, 6.07) is 0. The standard InChI is InChI=1S/C19H34O5/c1-3-5-6-8-19(22-10-11-23-19)9-7-14-15-12-18(20)24-17(15)13-16(14)21-4-2/h14-18,20H,3-13H2,1-2H3/t14?,15?,16-,17+,18?/m1/s1. The third-order valence-electron chi connectivity index (χ3n) is 5.99. The summed E-state index contributed by atoms with van der Waals surface area (Å²) in [5.74, 6) is 0.454. The van der Waals surface area contributed by atoms with E-state index in [4.69, 9.17) is 18.9 Å². The highest BCUT2D eigenvalue weighted by molar-refractivity contribution is 4.97. The Morgan fingerprint density at radius 3 is 2.58 bits per heavy atom. The van der Waals surface area contributed by atoms with Crippen molar-refractivity contribution >= 4 is 0 Å². The molecule has 140 valence electrons. The molecule has 1 saturated carbocycles. The molecule has 1 N–H and O–H groups in total. The van der Waals surface area contributed by atoms with Crippen LogP contribution in [0.4, 0.5) is 0 Å². The fourth-order valence-electron chi connectivity index (χ4n) is 4.85. The van der Waals surface area contributed by atoms with E-state index in [9.17, 15) is 5.11 Å². The molecule has 5 nitrogen and oxygen atoms in total. The first-order chi connectivity index (χ1) is 11.7. The molecule has 3 fully saturated rings. The Hall–Kier alpha value is -0.200. The van der Waals surface area contributed by atoms with E-state index >= 15 is 0 Å². The van der Waals surface area contributed by atoms with Crippen molar-refractivity contribution in [3.63, 3.8) is 0 Å². The third kappa shape index (κ3) is 4.13. The predicted octanol–water partition coefficient (Wildman–Crippen LogP) is 3.24. The Morgan fingerprint density at radius 1 is 1.08 bits per heavy atom. The monoisotopic (exact) mass is 342 g/mol. The first-order valence-corrected chi connectivity index (χ1v) is 9.90. The molecule has 0 spiro atoms. The maximum atomic E-state index is 9.83. The first-order valence-electron chi connectivity index (χ1n) is 9.90. The van der Waals surface area contributed by atoms with Gasteiger partial charge in [-0.2, -0.15) is 0 Å². The molecule has 2 saturated heterocycles. The average molecular weight is 342 g/mol. The molecule has 3 unspecified atom stereocenters. The van der Waals surface area contributed by atoms with Gasteiger partial charge in [-0.1, -0.05) is 19.8 Å². The minimum atomic E-state index is -0.595. The topological polar surface area (TPSA) is 57.2 Å². The lowest BCUT2D eigenvalue weighted by atomic mass is 9.85. The zero-order valence-corrected chi connectivity index (χ0v) is 15.2. The summed E-state index contributed by atoms with van der Waals surface area (Å²) in [5.41, 5.74) is 0. The van der Waals surface area contributed by atoms with Gasteiger partial charge in [0, 0.05) is 32.3 Å². The van der Waals surface area contributed by atoms with Crippen LogP contribution < -0.4 is 0 Å². The van der Waals surface area contributed by atoms with Gasteiger partial charge < -0.3 is 24.1 Å². The predicted molar refractivity (Wildman–Crippen MR) is 90.5 cm³/mol. The normalized spacial score (nSPS) is 37.9. The van der Waals surface area contributed by atoms with Crippen LogP contribution in [0.1, 0.15) is 65.2 Å². The molecule has 2 aliphatic heterocycles. The summed E-state index contributed by atoms with van der Waals surface area (Å²) in [6.07, 6.45) is 7.97. The van der Waals surface area contributed by atoms with Gasteiger partial charge in [0.15, 0.2) is 12.1 Å². The maximum absolute atomic E-state index is 9.83. The van der Waals surface area contributed by atoms with Gasteiger partial charge in [-0.05, 0) is 31.6 Å². The van der Waals surface area contributed by atoms with Crippen LogP contribution in [0.5, 0.6) is 0 Å². The van der Waals surface area contributed by atoms with E-state index in [1.54, 1.807) is 0 Å². The molecule has 0 aromatic heterocycles. The van der Waals surface area contributed by atoms with Crippen molar-refractivity contribution in [2.45, 2.75) is 89.5 Å². The van der Waals surface area contributed by atoms with Crippen molar-refractivity contribution in [3.8, 4) is 0 Å². The molecule has 0 radical (unpaired) electrons. The summed E-state index contributed by atoms with van der Waals surface area (Å²) in [7, 11) is 0. The van der Waals surface area contributed by atoms with Gasteiger partial charge in [0.2, 0.25) is 0 Å². The molecule has 2 heterocycles. The number of hydrogen-bond acceptors (Lipinski definition) is 5. The minimum Gasteiger partial charge on any atom is -0.378 e. The largest absolute Gasteiger partial charge is 0.378 e. The SMILES string of the molecule is CCCCCC1(CCC2C3CC(O)O[C@H]3C[C@H]2OCC)OCCO1. The number of unbranched alkanes of at least 4 members (excludes halogenated alkanes) is 2.